The summed E-state index contributed by atoms with van der Waals surface area (Å²) in [7, 11) is 3.95. The molecule has 1 aromatic carbocycles. The maximum absolute atomic E-state index is 13.0. The van der Waals surface area contributed by atoms with E-state index in [2.05, 4.69) is 25.4 Å². The van der Waals surface area contributed by atoms with Crippen LogP contribution in [-0.2, 0) is 4.79 Å². The van der Waals surface area contributed by atoms with Gasteiger partial charge in [0.1, 0.15) is 29.5 Å². The number of aryl methyl sites for hydroxylation is 1. The lowest BCUT2D eigenvalue weighted by Gasteiger charge is -2.16. The molecule has 0 bridgehead atoms. The standard InChI is InChI=1S/C27H30N10O2/c1-17-12-19(4-5-23(17)39-20-8-11-37(29)25(13-20)34-28)33-26-21-14-24(30-15-22(21)31-16-32-26)36-10-7-18(27(36)38)6-9-35(2)3/h4-6,8,11-16H,7,9-10,28-29H2,1-3H3,(H,31,32,33)/b18-6+,34-25-. The van der Waals surface area contributed by atoms with E-state index in [1.54, 1.807) is 29.4 Å². The Labute approximate surface area is 225 Å². The predicted octanol–water partition coefficient (Wildman–Crippen LogP) is 2.38. The van der Waals surface area contributed by atoms with Gasteiger partial charge in [-0.05, 0) is 63.3 Å². The Morgan fingerprint density at radius 1 is 1.18 bits per heavy atom. The molecule has 0 saturated carbocycles. The molecule has 0 radical (unpaired) electrons. The summed E-state index contributed by atoms with van der Waals surface area (Å²) in [6.07, 6.45) is 7.44. The molecule has 1 aliphatic rings. The van der Waals surface area contributed by atoms with Crippen LogP contribution in [0.2, 0.25) is 0 Å². The number of aromatic nitrogens is 4. The molecule has 0 spiro atoms. The van der Waals surface area contributed by atoms with Gasteiger partial charge < -0.3 is 26.6 Å². The summed E-state index contributed by atoms with van der Waals surface area (Å²) in [5.41, 5.74) is 3.57. The monoisotopic (exact) mass is 526 g/mol. The average Bonchev–Trinajstić information content (AvgIpc) is 3.30. The number of anilines is 3. The van der Waals surface area contributed by atoms with Gasteiger partial charge in [0.2, 0.25) is 0 Å². The van der Waals surface area contributed by atoms with Crippen molar-refractivity contribution >= 4 is 34.1 Å². The van der Waals surface area contributed by atoms with Crippen LogP contribution < -0.4 is 32.1 Å². The summed E-state index contributed by atoms with van der Waals surface area (Å²) in [6, 6.07) is 10.9. The molecule has 5 N–H and O–H groups in total. The van der Waals surface area contributed by atoms with Crippen molar-refractivity contribution in [3.63, 3.8) is 0 Å². The number of nitrogen functional groups attached to an aromatic ring is 1. The van der Waals surface area contributed by atoms with E-state index in [-0.39, 0.29) is 5.91 Å². The Morgan fingerprint density at radius 3 is 2.79 bits per heavy atom. The minimum Gasteiger partial charge on any atom is -0.457 e. The van der Waals surface area contributed by atoms with Gasteiger partial charge in [0, 0.05) is 42.0 Å². The Morgan fingerprint density at radius 2 is 2.03 bits per heavy atom. The Balaban J connectivity index is 1.38. The molecular weight excluding hydrogens is 496 g/mol. The molecule has 0 aliphatic carbocycles. The highest BCUT2D eigenvalue weighted by Gasteiger charge is 2.28. The molecule has 3 aromatic heterocycles. The summed E-state index contributed by atoms with van der Waals surface area (Å²) >= 11 is 0. The maximum Gasteiger partial charge on any atom is 0.255 e. The number of ether oxygens (including phenoxy) is 1. The molecule has 1 amide bonds. The number of amides is 1. The number of nitrogens with two attached hydrogens (primary N) is 2. The van der Waals surface area contributed by atoms with E-state index >= 15 is 0 Å². The number of likely N-dealkylation sites (N-methyl/N-ethyl adjacent to an activating group) is 1. The van der Waals surface area contributed by atoms with E-state index < -0.39 is 0 Å². The minimum absolute atomic E-state index is 0.0202. The number of hydrogen-bond acceptors (Lipinski definition) is 10. The topological polar surface area (TPSA) is 153 Å². The molecule has 1 fully saturated rings. The molecule has 5 rings (SSSR count). The lowest BCUT2D eigenvalue weighted by molar-refractivity contribution is -0.114. The van der Waals surface area contributed by atoms with E-state index in [1.807, 2.05) is 56.3 Å². The quantitative estimate of drug-likeness (QED) is 0.187. The van der Waals surface area contributed by atoms with Gasteiger partial charge in [0.05, 0.1) is 11.7 Å². The first kappa shape index (κ1) is 25.7. The van der Waals surface area contributed by atoms with Gasteiger partial charge in [-0.2, -0.15) is 5.10 Å². The van der Waals surface area contributed by atoms with Crippen LogP contribution >= 0.6 is 0 Å². The molecule has 0 atom stereocenters. The van der Waals surface area contributed by atoms with Crippen LogP contribution in [0.5, 0.6) is 11.5 Å². The number of nitrogens with zero attached hydrogens (tertiary/aromatic N) is 7. The zero-order valence-electron chi connectivity index (χ0n) is 22.0. The molecular formula is C27H30N10O2. The second-order valence-corrected chi connectivity index (χ2v) is 9.44. The third-order valence-electron chi connectivity index (χ3n) is 6.34. The van der Waals surface area contributed by atoms with Crippen molar-refractivity contribution in [1.29, 1.82) is 0 Å². The van der Waals surface area contributed by atoms with Gasteiger partial charge >= 0.3 is 0 Å². The number of benzene rings is 1. The molecule has 39 heavy (non-hydrogen) atoms. The lowest BCUT2D eigenvalue weighted by atomic mass is 10.2. The fourth-order valence-corrected chi connectivity index (χ4v) is 4.26. The van der Waals surface area contributed by atoms with Gasteiger partial charge in [0.25, 0.3) is 5.91 Å². The zero-order valence-corrected chi connectivity index (χ0v) is 22.0. The van der Waals surface area contributed by atoms with Crippen molar-refractivity contribution < 1.29 is 9.53 Å². The van der Waals surface area contributed by atoms with E-state index in [0.29, 0.717) is 47.1 Å². The highest BCUT2D eigenvalue weighted by atomic mass is 16.5. The second kappa shape index (κ2) is 10.8. The zero-order chi connectivity index (χ0) is 27.5. The maximum atomic E-state index is 13.0. The van der Waals surface area contributed by atoms with E-state index in [0.717, 1.165) is 28.8 Å². The van der Waals surface area contributed by atoms with Crippen molar-refractivity contribution in [2.24, 2.45) is 10.9 Å². The van der Waals surface area contributed by atoms with Crippen molar-refractivity contribution in [3.8, 4) is 11.5 Å². The second-order valence-electron chi connectivity index (χ2n) is 9.44. The van der Waals surface area contributed by atoms with E-state index in [9.17, 15) is 4.79 Å². The summed E-state index contributed by atoms with van der Waals surface area (Å²) in [6.45, 7) is 3.25. The molecule has 0 unspecified atom stereocenters. The number of nitrogens with one attached hydrogen (secondary N) is 1. The molecule has 12 nitrogen and oxygen atoms in total. The summed E-state index contributed by atoms with van der Waals surface area (Å²) in [5, 5.41) is 7.77. The highest BCUT2D eigenvalue weighted by molar-refractivity contribution is 6.08. The third-order valence-corrected chi connectivity index (χ3v) is 6.34. The Bertz CT molecular complexity index is 1640. The van der Waals surface area contributed by atoms with Crippen LogP contribution in [0.25, 0.3) is 10.9 Å². The van der Waals surface area contributed by atoms with Crippen molar-refractivity contribution in [2.45, 2.75) is 13.3 Å². The van der Waals surface area contributed by atoms with E-state index in [1.165, 1.54) is 11.0 Å². The largest absolute Gasteiger partial charge is 0.457 e. The first-order chi connectivity index (χ1) is 18.8. The average molecular weight is 527 g/mol. The lowest BCUT2D eigenvalue weighted by Crippen LogP contribution is -2.28. The molecule has 4 aromatic rings. The van der Waals surface area contributed by atoms with E-state index in [4.69, 9.17) is 16.4 Å². The first-order valence-electron chi connectivity index (χ1n) is 12.4. The van der Waals surface area contributed by atoms with Crippen LogP contribution in [0, 0.1) is 6.92 Å². The number of hydrogen-bond donors (Lipinski definition) is 3. The number of fused-ring (bicyclic) bond motifs is 1. The van der Waals surface area contributed by atoms with Crippen LogP contribution in [0.4, 0.5) is 17.3 Å². The van der Waals surface area contributed by atoms with Crippen LogP contribution in [0.3, 0.4) is 0 Å². The summed E-state index contributed by atoms with van der Waals surface area (Å²) in [5.74, 6) is 13.5. The van der Waals surface area contributed by atoms with Gasteiger partial charge in [-0.25, -0.2) is 15.0 Å². The number of pyridine rings is 2. The first-order valence-corrected chi connectivity index (χ1v) is 12.4. The van der Waals surface area contributed by atoms with Crippen LogP contribution in [0.15, 0.2) is 71.9 Å². The van der Waals surface area contributed by atoms with Crippen LogP contribution in [-0.4, -0.2) is 57.6 Å². The molecule has 4 heterocycles. The summed E-state index contributed by atoms with van der Waals surface area (Å²) in [4.78, 5) is 30.1. The van der Waals surface area contributed by atoms with Crippen molar-refractivity contribution in [2.75, 3.05) is 43.2 Å². The normalized spacial score (nSPS) is 15.1. The molecule has 200 valence electrons. The minimum atomic E-state index is -0.0202. The van der Waals surface area contributed by atoms with Gasteiger partial charge in [0.15, 0.2) is 5.49 Å². The van der Waals surface area contributed by atoms with Gasteiger partial charge in [-0.1, -0.05) is 6.08 Å². The van der Waals surface area contributed by atoms with Gasteiger partial charge in [-0.3, -0.25) is 14.4 Å². The Kier molecular flexibility index (Phi) is 7.10. The number of carbonyl (C=O) groups excluding carboxylic acids is 1. The number of rotatable bonds is 7. The highest BCUT2D eigenvalue weighted by Crippen LogP contribution is 2.31. The van der Waals surface area contributed by atoms with Crippen molar-refractivity contribution in [1.82, 2.24) is 24.5 Å². The predicted molar refractivity (Wildman–Crippen MR) is 150 cm³/mol. The molecule has 1 aliphatic heterocycles. The fraction of sp³-hybridized carbons (Fsp3) is 0.222. The van der Waals surface area contributed by atoms with Crippen LogP contribution in [0.1, 0.15) is 12.0 Å². The number of carbonyl (C=O) groups is 1. The molecule has 1 saturated heterocycles. The van der Waals surface area contributed by atoms with Crippen molar-refractivity contribution in [3.05, 3.63) is 77.8 Å². The summed E-state index contributed by atoms with van der Waals surface area (Å²) < 4.78 is 7.32. The van der Waals surface area contributed by atoms with Gasteiger partial charge in [-0.15, -0.1) is 0 Å². The third kappa shape index (κ3) is 5.50. The molecule has 12 heteroatoms. The Hall–Kier alpha value is -4.97. The fourth-order valence-electron chi connectivity index (χ4n) is 4.26. The smallest absolute Gasteiger partial charge is 0.255 e. The SMILES string of the molecule is Cc1cc(Nc2ncnc3cnc(N4CC/C(=C\CN(C)C)C4=O)cc23)ccc1Oc1ccn(N)/c(=N\N)c1.